The molecule has 1 aliphatic heterocycles. The zero-order chi connectivity index (χ0) is 13.5. The lowest BCUT2D eigenvalue weighted by atomic mass is 9.97. The third-order valence-corrected chi connectivity index (χ3v) is 2.87. The number of methoxy groups -OCH3 is 1. The molecule has 2 rings (SSSR count). The van der Waals surface area contributed by atoms with Gasteiger partial charge in [-0.05, 0) is 13.8 Å². The third kappa shape index (κ3) is 2.01. The van der Waals surface area contributed by atoms with Gasteiger partial charge in [-0.1, -0.05) is 0 Å². The molecule has 0 fully saturated rings. The lowest BCUT2D eigenvalue weighted by Crippen LogP contribution is -2.30. The molecule has 0 saturated heterocycles. The summed E-state index contributed by atoms with van der Waals surface area (Å²) in [4.78, 5) is 11.1. The highest BCUT2D eigenvalue weighted by Crippen LogP contribution is 2.49. The van der Waals surface area contributed by atoms with Crippen molar-refractivity contribution in [1.82, 2.24) is 0 Å². The molecule has 1 unspecified atom stereocenters. The topological polar surface area (TPSA) is 65.0 Å². The highest BCUT2D eigenvalue weighted by molar-refractivity contribution is 5.71. The van der Waals surface area contributed by atoms with Gasteiger partial charge < -0.3 is 19.3 Å². The molecule has 18 heavy (non-hydrogen) atoms. The van der Waals surface area contributed by atoms with Crippen molar-refractivity contribution in [3.8, 4) is 17.2 Å². The number of benzene rings is 1. The maximum atomic E-state index is 11.1. The summed E-state index contributed by atoms with van der Waals surface area (Å²) in [5.41, 5.74) is -0.278. The largest absolute Gasteiger partial charge is 0.496 e. The van der Waals surface area contributed by atoms with Gasteiger partial charge in [0.15, 0.2) is 0 Å². The number of hydrogen-bond donors (Lipinski definition) is 1. The number of hydrogen-bond acceptors (Lipinski definition) is 5. The monoisotopic (exact) mass is 252 g/mol. The van der Waals surface area contributed by atoms with Gasteiger partial charge in [0.2, 0.25) is 0 Å². The maximum Gasteiger partial charge on any atom is 0.308 e. The van der Waals surface area contributed by atoms with Gasteiger partial charge in [0.05, 0.1) is 12.7 Å². The molecule has 0 radical (unpaired) electrons. The number of esters is 1. The second-order valence-electron chi connectivity index (χ2n) is 4.74. The smallest absolute Gasteiger partial charge is 0.308 e. The van der Waals surface area contributed by atoms with Crippen molar-refractivity contribution in [2.45, 2.75) is 32.5 Å². The molecule has 0 bridgehead atoms. The zero-order valence-corrected chi connectivity index (χ0v) is 10.8. The Morgan fingerprint density at radius 1 is 1.44 bits per heavy atom. The number of rotatable bonds is 2. The summed E-state index contributed by atoms with van der Waals surface area (Å²) in [6, 6.07) is 3.23. The van der Waals surface area contributed by atoms with Crippen LogP contribution < -0.4 is 14.2 Å². The Hall–Kier alpha value is -1.75. The fourth-order valence-electron chi connectivity index (χ4n) is 1.97. The van der Waals surface area contributed by atoms with Crippen LogP contribution in [0.15, 0.2) is 12.1 Å². The number of carbonyl (C=O) groups excluding carboxylic acids is 1. The van der Waals surface area contributed by atoms with Gasteiger partial charge in [-0.3, -0.25) is 4.79 Å². The fraction of sp³-hybridized carbons (Fsp3) is 0.462. The number of aliphatic hydroxyl groups excluding tert-OH is 1. The van der Waals surface area contributed by atoms with Crippen molar-refractivity contribution in [3.63, 3.8) is 0 Å². The Balaban J connectivity index is 2.54. The maximum absolute atomic E-state index is 11.1. The number of aliphatic hydroxyl groups is 1. The first-order chi connectivity index (χ1) is 8.35. The molecule has 0 aromatic heterocycles. The molecular weight excluding hydrogens is 236 g/mol. The van der Waals surface area contributed by atoms with E-state index in [1.165, 1.54) is 14.0 Å². The minimum absolute atomic E-state index is 0.273. The first-order valence-corrected chi connectivity index (χ1v) is 5.62. The zero-order valence-electron chi connectivity index (χ0n) is 10.8. The molecule has 1 aromatic rings. The van der Waals surface area contributed by atoms with Crippen LogP contribution in [0.2, 0.25) is 0 Å². The van der Waals surface area contributed by atoms with E-state index in [1.54, 1.807) is 26.0 Å². The Bertz CT molecular complexity index is 492. The van der Waals surface area contributed by atoms with E-state index in [4.69, 9.17) is 14.2 Å². The Kier molecular flexibility index (Phi) is 2.94. The van der Waals surface area contributed by atoms with E-state index in [1.807, 2.05) is 0 Å². The van der Waals surface area contributed by atoms with Gasteiger partial charge in [-0.2, -0.15) is 0 Å². The highest BCUT2D eigenvalue weighted by Gasteiger charge is 2.42. The minimum Gasteiger partial charge on any atom is -0.496 e. The molecule has 0 aliphatic carbocycles. The lowest BCUT2D eigenvalue weighted by molar-refractivity contribution is -0.132. The van der Waals surface area contributed by atoms with Crippen LogP contribution in [0.3, 0.4) is 0 Å². The molecule has 1 heterocycles. The second kappa shape index (κ2) is 4.17. The van der Waals surface area contributed by atoms with Crippen LogP contribution in [0.25, 0.3) is 0 Å². The van der Waals surface area contributed by atoms with E-state index in [0.717, 1.165) is 0 Å². The molecular formula is C13H16O5. The van der Waals surface area contributed by atoms with Gasteiger partial charge in [-0.25, -0.2) is 0 Å². The lowest BCUT2D eigenvalue weighted by Gasteiger charge is -2.21. The molecule has 98 valence electrons. The summed E-state index contributed by atoms with van der Waals surface area (Å²) in [6.45, 7) is 4.84. The van der Waals surface area contributed by atoms with E-state index in [2.05, 4.69) is 0 Å². The molecule has 0 amide bonds. The number of fused-ring (bicyclic) bond motifs is 1. The van der Waals surface area contributed by atoms with Crippen LogP contribution in [-0.2, 0) is 4.79 Å². The predicted molar refractivity (Wildman–Crippen MR) is 64.0 cm³/mol. The quantitative estimate of drug-likeness (QED) is 0.642. The van der Waals surface area contributed by atoms with Gasteiger partial charge >= 0.3 is 5.97 Å². The van der Waals surface area contributed by atoms with Gasteiger partial charge in [0.1, 0.15) is 29.0 Å². The van der Waals surface area contributed by atoms with Gasteiger partial charge in [0.25, 0.3) is 0 Å². The van der Waals surface area contributed by atoms with E-state index in [0.29, 0.717) is 17.1 Å². The van der Waals surface area contributed by atoms with E-state index >= 15 is 0 Å². The Labute approximate surface area is 105 Å². The summed E-state index contributed by atoms with van der Waals surface area (Å²) in [7, 11) is 1.51. The number of ether oxygens (including phenoxy) is 3. The first-order valence-electron chi connectivity index (χ1n) is 5.62. The van der Waals surface area contributed by atoms with Crippen molar-refractivity contribution in [1.29, 1.82) is 0 Å². The van der Waals surface area contributed by atoms with Crippen LogP contribution in [0.1, 0.15) is 32.4 Å². The van der Waals surface area contributed by atoms with Crippen molar-refractivity contribution >= 4 is 5.97 Å². The first kappa shape index (κ1) is 12.7. The summed E-state index contributed by atoms with van der Waals surface area (Å²) >= 11 is 0. The minimum atomic E-state index is -0.854. The molecule has 0 spiro atoms. The molecule has 1 aromatic carbocycles. The highest BCUT2D eigenvalue weighted by atomic mass is 16.5. The molecule has 5 nitrogen and oxygen atoms in total. The summed E-state index contributed by atoms with van der Waals surface area (Å²) < 4.78 is 15.9. The van der Waals surface area contributed by atoms with Gasteiger partial charge in [-0.15, -0.1) is 0 Å². The van der Waals surface area contributed by atoms with E-state index in [-0.39, 0.29) is 5.75 Å². The predicted octanol–water partition coefficient (Wildman–Crippen LogP) is 1.82. The molecule has 1 atom stereocenters. The summed E-state index contributed by atoms with van der Waals surface area (Å²) in [5.74, 6) is 0.801. The molecule has 0 saturated carbocycles. The van der Waals surface area contributed by atoms with Crippen molar-refractivity contribution in [3.05, 3.63) is 17.7 Å². The summed E-state index contributed by atoms with van der Waals surface area (Å²) in [5, 5.41) is 10.2. The molecule has 1 aliphatic rings. The van der Waals surface area contributed by atoms with Crippen molar-refractivity contribution in [2.24, 2.45) is 0 Å². The van der Waals surface area contributed by atoms with E-state index < -0.39 is 17.7 Å². The number of carbonyl (C=O) groups is 1. The van der Waals surface area contributed by atoms with Crippen LogP contribution in [0, 0.1) is 0 Å². The van der Waals surface area contributed by atoms with Crippen LogP contribution in [0.4, 0.5) is 0 Å². The Morgan fingerprint density at radius 2 is 2.11 bits per heavy atom. The van der Waals surface area contributed by atoms with Crippen LogP contribution >= 0.6 is 0 Å². The molecule has 1 N–H and O–H groups in total. The van der Waals surface area contributed by atoms with Gasteiger partial charge in [0, 0.05) is 19.1 Å². The standard InChI is InChI=1S/C13H16O5/c1-7(14)17-9-5-8(16-4)6-10-11(9)12(15)13(2,3)18-10/h5-6,12,15H,1-4H3. The SMILES string of the molecule is COc1cc(OC(C)=O)c2c(c1)OC(C)(C)C2O. The molecule has 5 heteroatoms. The fourth-order valence-corrected chi connectivity index (χ4v) is 1.97. The van der Waals surface area contributed by atoms with Crippen LogP contribution in [0.5, 0.6) is 17.2 Å². The average molecular weight is 252 g/mol. The summed E-state index contributed by atoms with van der Waals surface area (Å²) in [6.07, 6.45) is -0.854. The normalized spacial score (nSPS) is 19.9. The third-order valence-electron chi connectivity index (χ3n) is 2.87. The van der Waals surface area contributed by atoms with Crippen molar-refractivity contribution < 1.29 is 24.1 Å². The average Bonchev–Trinajstić information content (AvgIpc) is 2.48. The van der Waals surface area contributed by atoms with Crippen LogP contribution in [-0.4, -0.2) is 23.8 Å². The van der Waals surface area contributed by atoms with Crippen molar-refractivity contribution in [2.75, 3.05) is 7.11 Å². The second-order valence-corrected chi connectivity index (χ2v) is 4.74. The van der Waals surface area contributed by atoms with E-state index in [9.17, 15) is 9.90 Å². The Morgan fingerprint density at radius 3 is 2.67 bits per heavy atom.